The first-order valence-electron chi connectivity index (χ1n) is 8.22. The highest BCUT2D eigenvalue weighted by Gasteiger charge is 2.27. The molecule has 9 heteroatoms. The number of rotatable bonds is 5. The summed E-state index contributed by atoms with van der Waals surface area (Å²) >= 11 is 0.993. The van der Waals surface area contributed by atoms with Gasteiger partial charge in [0, 0.05) is 17.2 Å². The van der Waals surface area contributed by atoms with Gasteiger partial charge in [0.25, 0.3) is 11.6 Å². The van der Waals surface area contributed by atoms with Crippen LogP contribution >= 0.6 is 11.3 Å². The lowest BCUT2D eigenvalue weighted by Crippen LogP contribution is -2.27. The summed E-state index contributed by atoms with van der Waals surface area (Å²) in [4.78, 5) is 38.9. The maximum atomic E-state index is 12.5. The Morgan fingerprint density at radius 1 is 1.33 bits per heavy atom. The van der Waals surface area contributed by atoms with E-state index in [1.165, 1.54) is 6.07 Å². The van der Waals surface area contributed by atoms with E-state index >= 15 is 0 Å². The number of nitrogens with one attached hydrogen (secondary N) is 1. The van der Waals surface area contributed by atoms with E-state index in [-0.39, 0.29) is 16.1 Å². The molecule has 1 atom stereocenters. The highest BCUT2D eigenvalue weighted by molar-refractivity contribution is 7.13. The van der Waals surface area contributed by atoms with E-state index in [2.05, 4.69) is 10.3 Å². The number of thiazole rings is 1. The SMILES string of the molecule is Cc1nc(C(C)NC(=O)c2ccc(C(C)(C)C)c([N+](=O)[O-])c2)sc1C(=O)O. The van der Waals surface area contributed by atoms with Crippen molar-refractivity contribution >= 4 is 28.9 Å². The lowest BCUT2D eigenvalue weighted by molar-refractivity contribution is -0.386. The molecule has 8 nitrogen and oxygen atoms in total. The summed E-state index contributed by atoms with van der Waals surface area (Å²) in [7, 11) is 0. The van der Waals surface area contributed by atoms with Crippen LogP contribution in [0.5, 0.6) is 0 Å². The van der Waals surface area contributed by atoms with Gasteiger partial charge in [-0.15, -0.1) is 11.3 Å². The van der Waals surface area contributed by atoms with Gasteiger partial charge >= 0.3 is 5.97 Å². The predicted molar refractivity (Wildman–Crippen MR) is 101 cm³/mol. The molecular weight excluding hydrogens is 370 g/mol. The fourth-order valence-electron chi connectivity index (χ4n) is 2.60. The fraction of sp³-hybridized carbons (Fsp3) is 0.389. The molecule has 0 bridgehead atoms. The first-order chi connectivity index (χ1) is 12.4. The van der Waals surface area contributed by atoms with Gasteiger partial charge < -0.3 is 10.4 Å². The quantitative estimate of drug-likeness (QED) is 0.590. The van der Waals surface area contributed by atoms with Crippen molar-refractivity contribution in [3.63, 3.8) is 0 Å². The lowest BCUT2D eigenvalue weighted by atomic mass is 9.85. The van der Waals surface area contributed by atoms with Crippen LogP contribution in [-0.2, 0) is 5.41 Å². The first kappa shape index (κ1) is 20.5. The molecule has 1 aromatic heterocycles. The van der Waals surface area contributed by atoms with E-state index in [0.717, 1.165) is 11.3 Å². The third-order valence-electron chi connectivity index (χ3n) is 3.99. The Hall–Kier alpha value is -2.81. The van der Waals surface area contributed by atoms with Crippen LogP contribution in [0, 0.1) is 17.0 Å². The van der Waals surface area contributed by atoms with Crippen LogP contribution < -0.4 is 5.32 Å². The first-order valence-corrected chi connectivity index (χ1v) is 9.04. The van der Waals surface area contributed by atoms with Crippen molar-refractivity contribution in [3.8, 4) is 0 Å². The number of hydrogen-bond donors (Lipinski definition) is 2. The maximum Gasteiger partial charge on any atom is 0.347 e. The second-order valence-electron chi connectivity index (χ2n) is 7.21. The number of nitro groups is 1. The molecule has 1 unspecified atom stereocenters. The Bertz CT molecular complexity index is 914. The summed E-state index contributed by atoms with van der Waals surface area (Å²) in [6.45, 7) is 8.86. The van der Waals surface area contributed by atoms with Gasteiger partial charge in [-0.1, -0.05) is 26.8 Å². The zero-order valence-electron chi connectivity index (χ0n) is 15.7. The van der Waals surface area contributed by atoms with E-state index in [4.69, 9.17) is 5.11 Å². The van der Waals surface area contributed by atoms with Gasteiger partial charge in [0.05, 0.1) is 16.7 Å². The van der Waals surface area contributed by atoms with Crippen molar-refractivity contribution in [2.45, 2.75) is 46.1 Å². The van der Waals surface area contributed by atoms with Crippen molar-refractivity contribution < 1.29 is 19.6 Å². The number of carbonyl (C=O) groups excluding carboxylic acids is 1. The average molecular weight is 391 g/mol. The Morgan fingerprint density at radius 3 is 2.44 bits per heavy atom. The molecule has 1 amide bonds. The Balaban J connectivity index is 2.27. The van der Waals surface area contributed by atoms with Crippen molar-refractivity contribution in [3.05, 3.63) is 55.0 Å². The number of nitro benzene ring substituents is 1. The van der Waals surface area contributed by atoms with Gasteiger partial charge in [-0.25, -0.2) is 9.78 Å². The number of carboxylic acids is 1. The second-order valence-corrected chi connectivity index (χ2v) is 8.24. The molecule has 0 saturated heterocycles. The summed E-state index contributed by atoms with van der Waals surface area (Å²) in [5, 5.41) is 23.7. The van der Waals surface area contributed by atoms with Crippen LogP contribution in [0.25, 0.3) is 0 Å². The molecular formula is C18H21N3O5S. The number of hydrogen-bond acceptors (Lipinski definition) is 6. The van der Waals surface area contributed by atoms with Gasteiger partial charge in [0.1, 0.15) is 9.88 Å². The van der Waals surface area contributed by atoms with Crippen molar-refractivity contribution in [1.82, 2.24) is 10.3 Å². The number of benzene rings is 1. The predicted octanol–water partition coefficient (Wildman–Crippen LogP) is 3.85. The Kier molecular flexibility index (Phi) is 5.65. The van der Waals surface area contributed by atoms with Crippen LogP contribution in [0.3, 0.4) is 0 Å². The Labute approximate surface area is 160 Å². The molecule has 0 fully saturated rings. The van der Waals surface area contributed by atoms with E-state index in [1.807, 2.05) is 20.8 Å². The largest absolute Gasteiger partial charge is 0.477 e. The van der Waals surface area contributed by atoms with Gasteiger partial charge in [0.2, 0.25) is 0 Å². The topological polar surface area (TPSA) is 122 Å². The Morgan fingerprint density at radius 2 is 1.96 bits per heavy atom. The monoisotopic (exact) mass is 391 g/mol. The van der Waals surface area contributed by atoms with E-state index < -0.39 is 28.3 Å². The van der Waals surface area contributed by atoms with Crippen LogP contribution in [0.2, 0.25) is 0 Å². The minimum atomic E-state index is -1.07. The molecule has 0 aliphatic carbocycles. The van der Waals surface area contributed by atoms with Crippen molar-refractivity contribution in [2.24, 2.45) is 0 Å². The van der Waals surface area contributed by atoms with Crippen LogP contribution in [0.4, 0.5) is 5.69 Å². The molecule has 144 valence electrons. The average Bonchev–Trinajstić information content (AvgIpc) is 2.95. The molecule has 0 spiro atoms. The molecule has 0 radical (unpaired) electrons. The number of nitrogens with zero attached hydrogens (tertiary/aromatic N) is 2. The van der Waals surface area contributed by atoms with E-state index in [1.54, 1.807) is 26.0 Å². The number of aromatic carboxylic acids is 1. The normalized spacial score (nSPS) is 12.5. The third kappa shape index (κ3) is 4.48. The van der Waals surface area contributed by atoms with Crippen molar-refractivity contribution in [1.29, 1.82) is 0 Å². The molecule has 27 heavy (non-hydrogen) atoms. The lowest BCUT2D eigenvalue weighted by Gasteiger charge is -2.19. The summed E-state index contributed by atoms with van der Waals surface area (Å²) in [6.07, 6.45) is 0. The second kappa shape index (κ2) is 7.43. The number of aryl methyl sites for hydroxylation is 1. The molecule has 2 rings (SSSR count). The van der Waals surface area contributed by atoms with E-state index in [0.29, 0.717) is 16.3 Å². The highest BCUT2D eigenvalue weighted by Crippen LogP contribution is 2.32. The summed E-state index contributed by atoms with van der Waals surface area (Å²) in [5.74, 6) is -1.56. The maximum absolute atomic E-state index is 12.5. The zero-order valence-corrected chi connectivity index (χ0v) is 16.5. The molecule has 1 heterocycles. The summed E-state index contributed by atoms with van der Waals surface area (Å²) in [6, 6.07) is 3.87. The van der Waals surface area contributed by atoms with Crippen LogP contribution in [0.1, 0.15) is 70.0 Å². The van der Waals surface area contributed by atoms with Crippen LogP contribution in [0.15, 0.2) is 18.2 Å². The molecule has 2 aromatic rings. The smallest absolute Gasteiger partial charge is 0.347 e. The summed E-state index contributed by atoms with van der Waals surface area (Å²) < 4.78 is 0. The molecule has 0 aliphatic heterocycles. The number of aromatic nitrogens is 1. The van der Waals surface area contributed by atoms with Gasteiger partial charge in [0.15, 0.2) is 0 Å². The van der Waals surface area contributed by atoms with Crippen LogP contribution in [-0.4, -0.2) is 26.9 Å². The standard InChI is InChI=1S/C18H21N3O5S/c1-9-14(17(23)24)27-16(20-9)10(2)19-15(22)11-6-7-12(18(3,4)5)13(8-11)21(25)26/h6-8,10H,1-5H3,(H,19,22)(H,23,24). The van der Waals surface area contributed by atoms with Crippen molar-refractivity contribution in [2.75, 3.05) is 0 Å². The number of amides is 1. The molecule has 2 N–H and O–H groups in total. The molecule has 1 aromatic carbocycles. The highest BCUT2D eigenvalue weighted by atomic mass is 32.1. The molecule has 0 aliphatic rings. The van der Waals surface area contributed by atoms with Gasteiger partial charge in [-0.3, -0.25) is 14.9 Å². The minimum Gasteiger partial charge on any atom is -0.477 e. The fourth-order valence-corrected chi connectivity index (χ4v) is 3.51. The van der Waals surface area contributed by atoms with E-state index in [9.17, 15) is 19.7 Å². The van der Waals surface area contributed by atoms with Gasteiger partial charge in [-0.05, 0) is 25.3 Å². The third-order valence-corrected chi connectivity index (χ3v) is 5.32. The molecule has 0 saturated carbocycles. The summed E-state index contributed by atoms with van der Waals surface area (Å²) in [5.41, 5.74) is 0.540. The van der Waals surface area contributed by atoms with Gasteiger partial charge in [-0.2, -0.15) is 0 Å². The number of carbonyl (C=O) groups is 2. The minimum absolute atomic E-state index is 0.110. The number of carboxylic acid groups (broad SMARTS) is 1. The zero-order chi connectivity index (χ0) is 20.5.